The zero-order valence-electron chi connectivity index (χ0n) is 10.6. The van der Waals surface area contributed by atoms with Gasteiger partial charge < -0.3 is 5.11 Å². The molecule has 0 saturated carbocycles. The largest absolute Gasteiger partial charge is 0.481 e. The van der Waals surface area contributed by atoms with Gasteiger partial charge in [-0.15, -0.1) is 23.1 Å². The van der Waals surface area contributed by atoms with E-state index in [1.54, 1.807) is 36.9 Å². The molecule has 0 radical (unpaired) electrons. The summed E-state index contributed by atoms with van der Waals surface area (Å²) in [7, 11) is 0. The summed E-state index contributed by atoms with van der Waals surface area (Å²) < 4.78 is 1.12. The number of carboxylic acids is 1. The monoisotopic (exact) mass is 281 g/mol. The molecule has 18 heavy (non-hydrogen) atoms. The Labute approximate surface area is 114 Å². The van der Waals surface area contributed by atoms with Crippen LogP contribution in [-0.4, -0.2) is 22.3 Å². The van der Waals surface area contributed by atoms with Crippen LogP contribution in [0, 0.1) is 5.41 Å². The Morgan fingerprint density at radius 1 is 1.50 bits per heavy atom. The van der Waals surface area contributed by atoms with Crippen LogP contribution in [0.15, 0.2) is 23.1 Å². The zero-order chi connectivity index (χ0) is 13.3. The van der Waals surface area contributed by atoms with Gasteiger partial charge in [0, 0.05) is 11.3 Å². The summed E-state index contributed by atoms with van der Waals surface area (Å²) in [4.78, 5) is 16.8. The second kappa shape index (κ2) is 4.90. The second-order valence-corrected chi connectivity index (χ2v) is 6.80. The van der Waals surface area contributed by atoms with E-state index in [4.69, 9.17) is 5.11 Å². The first-order chi connectivity index (χ1) is 8.42. The molecule has 1 N–H and O–H groups in total. The SMILES string of the molecule is CSc1ccc2nc(CC(C)(C)C(=O)O)sc2c1. The predicted molar refractivity (Wildman–Crippen MR) is 76.5 cm³/mol. The molecular weight excluding hydrogens is 266 g/mol. The number of aliphatic carboxylic acids is 1. The fourth-order valence-corrected chi connectivity index (χ4v) is 3.36. The summed E-state index contributed by atoms with van der Waals surface area (Å²) in [5.74, 6) is -0.786. The molecule has 1 aromatic carbocycles. The summed E-state index contributed by atoms with van der Waals surface area (Å²) in [5.41, 5.74) is 0.185. The molecule has 0 bridgehead atoms. The molecule has 2 aromatic rings. The van der Waals surface area contributed by atoms with Crippen LogP contribution in [0.25, 0.3) is 10.2 Å². The maximum absolute atomic E-state index is 11.1. The molecule has 3 nitrogen and oxygen atoms in total. The van der Waals surface area contributed by atoms with Crippen LogP contribution in [0.2, 0.25) is 0 Å². The number of thioether (sulfide) groups is 1. The van der Waals surface area contributed by atoms with E-state index < -0.39 is 11.4 Å². The van der Waals surface area contributed by atoms with Crippen LogP contribution >= 0.6 is 23.1 Å². The van der Waals surface area contributed by atoms with Crippen LogP contribution in [0.4, 0.5) is 0 Å². The molecule has 0 aliphatic carbocycles. The predicted octanol–water partition coefficient (Wildman–Crippen LogP) is 3.67. The summed E-state index contributed by atoms with van der Waals surface area (Å²) in [6.45, 7) is 3.46. The Morgan fingerprint density at radius 3 is 2.83 bits per heavy atom. The van der Waals surface area contributed by atoms with Crippen molar-refractivity contribution < 1.29 is 9.90 Å². The minimum atomic E-state index is -0.786. The lowest BCUT2D eigenvalue weighted by Gasteiger charge is -2.16. The number of hydrogen-bond donors (Lipinski definition) is 1. The first-order valence-electron chi connectivity index (χ1n) is 5.59. The van der Waals surface area contributed by atoms with Crippen LogP contribution in [0.1, 0.15) is 18.9 Å². The van der Waals surface area contributed by atoms with Crippen LogP contribution in [0.5, 0.6) is 0 Å². The molecule has 0 fully saturated rings. The van der Waals surface area contributed by atoms with Gasteiger partial charge in [-0.2, -0.15) is 0 Å². The van der Waals surface area contributed by atoms with Gasteiger partial charge in [0.25, 0.3) is 0 Å². The summed E-state index contributed by atoms with van der Waals surface area (Å²) >= 11 is 3.28. The highest BCUT2D eigenvalue weighted by atomic mass is 32.2. The van der Waals surface area contributed by atoms with E-state index in [-0.39, 0.29) is 0 Å². The number of hydrogen-bond acceptors (Lipinski definition) is 4. The lowest BCUT2D eigenvalue weighted by atomic mass is 9.90. The van der Waals surface area contributed by atoms with Gasteiger partial charge >= 0.3 is 5.97 Å². The van der Waals surface area contributed by atoms with Gasteiger partial charge in [0.05, 0.1) is 20.6 Å². The number of rotatable bonds is 4. The van der Waals surface area contributed by atoms with E-state index in [1.165, 1.54) is 4.90 Å². The number of carboxylic acid groups (broad SMARTS) is 1. The van der Waals surface area contributed by atoms with Crippen molar-refractivity contribution in [2.75, 3.05) is 6.26 Å². The average Bonchev–Trinajstić information content (AvgIpc) is 2.68. The molecule has 5 heteroatoms. The highest BCUT2D eigenvalue weighted by molar-refractivity contribution is 7.98. The number of thiazole rings is 1. The fraction of sp³-hybridized carbons (Fsp3) is 0.385. The lowest BCUT2D eigenvalue weighted by molar-refractivity contribution is -0.146. The molecule has 1 heterocycles. The fourth-order valence-electron chi connectivity index (χ4n) is 1.61. The van der Waals surface area contributed by atoms with E-state index in [9.17, 15) is 4.79 Å². The summed E-state index contributed by atoms with van der Waals surface area (Å²) in [6, 6.07) is 6.14. The van der Waals surface area contributed by atoms with E-state index in [1.807, 2.05) is 18.4 Å². The smallest absolute Gasteiger partial charge is 0.309 e. The van der Waals surface area contributed by atoms with E-state index in [0.717, 1.165) is 15.2 Å². The molecule has 0 unspecified atom stereocenters. The minimum Gasteiger partial charge on any atom is -0.481 e. The van der Waals surface area contributed by atoms with Gasteiger partial charge in [-0.1, -0.05) is 0 Å². The van der Waals surface area contributed by atoms with Crippen molar-refractivity contribution in [3.63, 3.8) is 0 Å². The first kappa shape index (κ1) is 13.4. The molecule has 1 aromatic heterocycles. The number of carbonyl (C=O) groups is 1. The quantitative estimate of drug-likeness (QED) is 0.869. The second-order valence-electron chi connectivity index (χ2n) is 4.81. The molecule has 96 valence electrons. The topological polar surface area (TPSA) is 50.2 Å². The van der Waals surface area contributed by atoms with Gasteiger partial charge in [0.2, 0.25) is 0 Å². The summed E-state index contributed by atoms with van der Waals surface area (Å²) in [6.07, 6.45) is 2.51. The van der Waals surface area contributed by atoms with E-state index in [2.05, 4.69) is 11.1 Å². The van der Waals surface area contributed by atoms with Gasteiger partial charge in [0.15, 0.2) is 0 Å². The van der Waals surface area contributed by atoms with Crippen molar-refractivity contribution in [3.05, 3.63) is 23.2 Å². The normalized spacial score (nSPS) is 11.9. The zero-order valence-corrected chi connectivity index (χ0v) is 12.2. The Balaban J connectivity index is 2.33. The Morgan fingerprint density at radius 2 is 2.22 bits per heavy atom. The average molecular weight is 281 g/mol. The Bertz CT molecular complexity index is 590. The van der Waals surface area contributed by atoms with Crippen molar-refractivity contribution in [1.82, 2.24) is 4.98 Å². The highest BCUT2D eigenvalue weighted by Crippen LogP contribution is 2.30. The highest BCUT2D eigenvalue weighted by Gasteiger charge is 2.28. The van der Waals surface area contributed by atoms with Crippen molar-refractivity contribution in [1.29, 1.82) is 0 Å². The number of fused-ring (bicyclic) bond motifs is 1. The lowest BCUT2D eigenvalue weighted by Crippen LogP contribution is -2.26. The van der Waals surface area contributed by atoms with Crippen LogP contribution in [0.3, 0.4) is 0 Å². The molecule has 2 rings (SSSR count). The van der Waals surface area contributed by atoms with Gasteiger partial charge in [0.1, 0.15) is 0 Å². The maximum atomic E-state index is 11.1. The van der Waals surface area contributed by atoms with Crippen LogP contribution in [-0.2, 0) is 11.2 Å². The maximum Gasteiger partial charge on any atom is 0.309 e. The molecule has 0 aliphatic rings. The molecule has 0 amide bonds. The van der Waals surface area contributed by atoms with Gasteiger partial charge in [-0.25, -0.2) is 4.98 Å². The molecular formula is C13H15NO2S2. The van der Waals surface area contributed by atoms with Crippen molar-refractivity contribution in [3.8, 4) is 0 Å². The Kier molecular flexibility index (Phi) is 3.64. The van der Waals surface area contributed by atoms with Crippen molar-refractivity contribution in [2.45, 2.75) is 25.2 Å². The minimum absolute atomic E-state index is 0.469. The van der Waals surface area contributed by atoms with Crippen molar-refractivity contribution in [2.24, 2.45) is 5.41 Å². The Hall–Kier alpha value is -1.07. The van der Waals surface area contributed by atoms with Crippen molar-refractivity contribution >= 4 is 39.3 Å². The van der Waals surface area contributed by atoms with Gasteiger partial charge in [-0.05, 0) is 38.3 Å². The first-order valence-corrected chi connectivity index (χ1v) is 7.63. The standard InChI is InChI=1S/C13H15NO2S2/c1-13(2,12(15)16)7-11-14-9-5-4-8(17-3)6-10(9)18-11/h4-6H,7H2,1-3H3,(H,15,16). The number of nitrogens with zero attached hydrogens (tertiary/aromatic N) is 1. The third-order valence-corrected chi connectivity index (χ3v) is 4.56. The molecule has 0 atom stereocenters. The summed E-state index contributed by atoms with van der Waals surface area (Å²) in [5, 5.41) is 10.0. The van der Waals surface area contributed by atoms with E-state index >= 15 is 0 Å². The third-order valence-electron chi connectivity index (χ3n) is 2.81. The van der Waals surface area contributed by atoms with Crippen LogP contribution < -0.4 is 0 Å². The number of benzene rings is 1. The molecule has 0 aliphatic heterocycles. The number of aromatic nitrogens is 1. The molecule has 0 saturated heterocycles. The third kappa shape index (κ3) is 2.67. The molecule has 0 spiro atoms. The van der Waals surface area contributed by atoms with E-state index in [0.29, 0.717) is 6.42 Å². The van der Waals surface area contributed by atoms with Gasteiger partial charge in [-0.3, -0.25) is 4.79 Å².